The number of alkyl halides is 2. The molecule has 4 rings (SSSR count). The molecule has 0 spiro atoms. The van der Waals surface area contributed by atoms with Crippen molar-refractivity contribution in [3.8, 4) is 0 Å². The number of carbonyl (C=O) groups is 1. The third kappa shape index (κ3) is 3.82. The van der Waals surface area contributed by atoms with E-state index in [0.717, 1.165) is 25.0 Å². The third-order valence-corrected chi connectivity index (χ3v) is 6.44. The fraction of sp³-hybridized carbons (Fsp3) is 0.571. The van der Waals surface area contributed by atoms with Gasteiger partial charge in [-0.05, 0) is 44.4 Å². The van der Waals surface area contributed by atoms with Crippen LogP contribution in [0.1, 0.15) is 61.3 Å². The number of nitrogens with zero attached hydrogens (tertiary/aromatic N) is 1. The number of carbonyl (C=O) groups excluding carboxylic acids is 1. The zero-order chi connectivity index (χ0) is 19.9. The van der Waals surface area contributed by atoms with E-state index in [4.69, 9.17) is 11.6 Å². The highest BCUT2D eigenvalue weighted by molar-refractivity contribution is 6.37. The molecule has 0 amide bonds. The summed E-state index contributed by atoms with van der Waals surface area (Å²) < 4.78 is 29.5. The molecule has 152 valence electrons. The highest BCUT2D eigenvalue weighted by Crippen LogP contribution is 2.42. The topological polar surface area (TPSA) is 54.3 Å². The van der Waals surface area contributed by atoms with E-state index >= 15 is 0 Å². The van der Waals surface area contributed by atoms with Gasteiger partial charge in [-0.2, -0.15) is 0 Å². The minimum absolute atomic E-state index is 0.0276. The molecule has 2 fully saturated rings. The number of ketones is 1. The standard InChI is InChI=1S/C21H25ClF2N2O2/c22-16-3-1-4-17-19(16)15(12-26(17)14-6-10-25-11-14)18(27)5-9-20(28)7-2-8-21(23,24)13-20/h1,3-4,12,14,25,28H,2,5-11,13H2. The molecule has 2 heterocycles. The van der Waals surface area contributed by atoms with Crippen molar-refractivity contribution in [2.24, 2.45) is 0 Å². The van der Waals surface area contributed by atoms with E-state index in [0.29, 0.717) is 22.4 Å². The molecule has 0 radical (unpaired) electrons. The number of fused-ring (bicyclic) bond motifs is 1. The Hall–Kier alpha value is -1.50. The van der Waals surface area contributed by atoms with Gasteiger partial charge in [-0.1, -0.05) is 17.7 Å². The molecular formula is C21H25ClF2N2O2. The fourth-order valence-corrected chi connectivity index (χ4v) is 4.96. The predicted octanol–water partition coefficient (Wildman–Crippen LogP) is 4.73. The first-order valence-corrected chi connectivity index (χ1v) is 10.3. The lowest BCUT2D eigenvalue weighted by atomic mass is 9.79. The molecule has 1 saturated carbocycles. The number of nitrogens with one attached hydrogen (secondary N) is 1. The molecule has 7 heteroatoms. The number of Topliss-reactive ketones (excluding diaryl/α,β-unsaturated/α-hetero) is 1. The lowest BCUT2D eigenvalue weighted by Crippen LogP contribution is -2.41. The number of benzene rings is 1. The zero-order valence-corrected chi connectivity index (χ0v) is 16.4. The zero-order valence-electron chi connectivity index (χ0n) is 15.7. The Labute approximate surface area is 167 Å². The molecule has 1 aromatic heterocycles. The van der Waals surface area contributed by atoms with Crippen LogP contribution in [0.5, 0.6) is 0 Å². The van der Waals surface area contributed by atoms with Gasteiger partial charge >= 0.3 is 0 Å². The Morgan fingerprint density at radius 3 is 2.89 bits per heavy atom. The third-order valence-electron chi connectivity index (χ3n) is 6.13. The van der Waals surface area contributed by atoms with Crippen molar-refractivity contribution in [3.63, 3.8) is 0 Å². The second-order valence-electron chi connectivity index (χ2n) is 8.26. The molecule has 1 aromatic carbocycles. The van der Waals surface area contributed by atoms with E-state index in [2.05, 4.69) is 9.88 Å². The monoisotopic (exact) mass is 410 g/mol. The van der Waals surface area contributed by atoms with Crippen molar-refractivity contribution in [2.45, 2.75) is 62.5 Å². The van der Waals surface area contributed by atoms with Crippen molar-refractivity contribution in [1.82, 2.24) is 9.88 Å². The van der Waals surface area contributed by atoms with E-state index in [1.165, 1.54) is 0 Å². The molecule has 1 aliphatic heterocycles. The summed E-state index contributed by atoms with van der Waals surface area (Å²) in [4.78, 5) is 13.0. The normalized spacial score (nSPS) is 27.4. The largest absolute Gasteiger partial charge is 0.390 e. The van der Waals surface area contributed by atoms with Crippen LogP contribution in [0.15, 0.2) is 24.4 Å². The van der Waals surface area contributed by atoms with Gasteiger partial charge in [0.1, 0.15) is 0 Å². The molecule has 28 heavy (non-hydrogen) atoms. The molecule has 1 aliphatic carbocycles. The van der Waals surface area contributed by atoms with Gasteiger partial charge in [-0.25, -0.2) is 8.78 Å². The van der Waals surface area contributed by atoms with Gasteiger partial charge in [-0.15, -0.1) is 0 Å². The average Bonchev–Trinajstić information content (AvgIpc) is 3.26. The Morgan fingerprint density at radius 1 is 1.36 bits per heavy atom. The summed E-state index contributed by atoms with van der Waals surface area (Å²) in [5.41, 5.74) is -0.0549. The van der Waals surface area contributed by atoms with Crippen LogP contribution in [0.4, 0.5) is 8.78 Å². The Balaban J connectivity index is 1.59. The maximum atomic E-state index is 13.7. The van der Waals surface area contributed by atoms with Crippen LogP contribution >= 0.6 is 11.6 Å². The fourth-order valence-electron chi connectivity index (χ4n) is 4.69. The number of hydrogen-bond donors (Lipinski definition) is 2. The molecule has 2 aliphatic rings. The van der Waals surface area contributed by atoms with Crippen molar-refractivity contribution in [2.75, 3.05) is 13.1 Å². The predicted molar refractivity (Wildman–Crippen MR) is 105 cm³/mol. The molecule has 2 unspecified atom stereocenters. The molecule has 0 bridgehead atoms. The lowest BCUT2D eigenvalue weighted by Gasteiger charge is -2.36. The van der Waals surface area contributed by atoms with E-state index in [1.54, 1.807) is 6.07 Å². The van der Waals surface area contributed by atoms with Crippen LogP contribution in [-0.4, -0.2) is 40.1 Å². The number of halogens is 3. The summed E-state index contributed by atoms with van der Waals surface area (Å²) >= 11 is 6.41. The van der Waals surface area contributed by atoms with Crippen molar-refractivity contribution in [3.05, 3.63) is 35.0 Å². The van der Waals surface area contributed by atoms with Gasteiger partial charge in [0.2, 0.25) is 0 Å². The van der Waals surface area contributed by atoms with Crippen LogP contribution < -0.4 is 5.32 Å². The summed E-state index contributed by atoms with van der Waals surface area (Å²) in [6, 6.07) is 5.83. The molecule has 4 nitrogen and oxygen atoms in total. The van der Waals surface area contributed by atoms with Gasteiger partial charge in [-0.3, -0.25) is 4.79 Å². The van der Waals surface area contributed by atoms with Crippen molar-refractivity contribution in [1.29, 1.82) is 0 Å². The second-order valence-corrected chi connectivity index (χ2v) is 8.67. The quantitative estimate of drug-likeness (QED) is 0.700. The maximum absolute atomic E-state index is 13.7. The Morgan fingerprint density at radius 2 is 2.18 bits per heavy atom. The van der Waals surface area contributed by atoms with Crippen LogP contribution in [-0.2, 0) is 0 Å². The SMILES string of the molecule is O=C(CCC1(O)CCCC(F)(F)C1)c1cn(C2CCNC2)c2cccc(Cl)c12. The first-order chi connectivity index (χ1) is 13.3. The summed E-state index contributed by atoms with van der Waals surface area (Å²) in [5.74, 6) is -3.02. The van der Waals surface area contributed by atoms with E-state index in [-0.39, 0.29) is 37.5 Å². The molecular weight excluding hydrogens is 386 g/mol. The Kier molecular flexibility index (Phi) is 5.23. The summed E-state index contributed by atoms with van der Waals surface area (Å²) in [5, 5.41) is 15.1. The van der Waals surface area contributed by atoms with Crippen LogP contribution in [0.3, 0.4) is 0 Å². The molecule has 2 aromatic rings. The average molecular weight is 411 g/mol. The summed E-state index contributed by atoms with van der Waals surface area (Å²) in [6.07, 6.45) is 2.72. The van der Waals surface area contributed by atoms with Gasteiger partial charge < -0.3 is 15.0 Å². The molecule has 2 N–H and O–H groups in total. The number of aliphatic hydroxyl groups is 1. The summed E-state index contributed by atoms with van der Waals surface area (Å²) in [6.45, 7) is 1.76. The Bertz CT molecular complexity index is 892. The van der Waals surface area contributed by atoms with Crippen LogP contribution in [0.2, 0.25) is 5.02 Å². The van der Waals surface area contributed by atoms with Gasteiger partial charge in [0.15, 0.2) is 5.78 Å². The highest BCUT2D eigenvalue weighted by atomic mass is 35.5. The second kappa shape index (κ2) is 7.39. The van der Waals surface area contributed by atoms with Gasteiger partial charge in [0.25, 0.3) is 5.92 Å². The number of rotatable bonds is 5. The van der Waals surface area contributed by atoms with Crippen molar-refractivity contribution < 1.29 is 18.7 Å². The number of hydrogen-bond acceptors (Lipinski definition) is 3. The smallest absolute Gasteiger partial charge is 0.250 e. The van der Waals surface area contributed by atoms with Crippen molar-refractivity contribution >= 4 is 28.3 Å². The first kappa shape index (κ1) is 19.8. The number of aromatic nitrogens is 1. The minimum atomic E-state index is -2.86. The molecule has 1 saturated heterocycles. The van der Waals surface area contributed by atoms with Crippen LogP contribution in [0, 0.1) is 0 Å². The highest BCUT2D eigenvalue weighted by Gasteiger charge is 2.44. The van der Waals surface area contributed by atoms with E-state index in [9.17, 15) is 18.7 Å². The minimum Gasteiger partial charge on any atom is -0.390 e. The van der Waals surface area contributed by atoms with E-state index < -0.39 is 17.9 Å². The summed E-state index contributed by atoms with van der Waals surface area (Å²) in [7, 11) is 0. The first-order valence-electron chi connectivity index (χ1n) is 9.91. The van der Waals surface area contributed by atoms with Gasteiger partial charge in [0.05, 0.1) is 16.1 Å². The molecule has 2 atom stereocenters. The lowest BCUT2D eigenvalue weighted by molar-refractivity contribution is -0.126. The van der Waals surface area contributed by atoms with E-state index in [1.807, 2.05) is 18.3 Å². The maximum Gasteiger partial charge on any atom is 0.250 e. The van der Waals surface area contributed by atoms with Crippen LogP contribution in [0.25, 0.3) is 10.9 Å². The van der Waals surface area contributed by atoms with Gasteiger partial charge in [0, 0.05) is 49.0 Å².